The third-order valence-electron chi connectivity index (χ3n) is 2.93. The molecule has 0 rings (SSSR count). The summed E-state index contributed by atoms with van der Waals surface area (Å²) in [6.45, 7) is 0.790. The van der Waals surface area contributed by atoms with Gasteiger partial charge in [0, 0.05) is 0 Å². The predicted molar refractivity (Wildman–Crippen MR) is 58.0 cm³/mol. The van der Waals surface area contributed by atoms with Crippen molar-refractivity contribution in [2.24, 2.45) is 5.41 Å². The van der Waals surface area contributed by atoms with Crippen LogP contribution in [0.3, 0.4) is 0 Å². The van der Waals surface area contributed by atoms with Crippen LogP contribution in [0.25, 0.3) is 0 Å². The minimum atomic E-state index is -6.23. The molecule has 20 heavy (non-hydrogen) atoms. The van der Waals surface area contributed by atoms with E-state index in [4.69, 9.17) is 30.2 Å². The van der Waals surface area contributed by atoms with Gasteiger partial charge < -0.3 is 30.2 Å². The average Bonchev–Trinajstić information content (AvgIpc) is 2.20. The number of carboxylic acids is 4. The first-order valence-electron chi connectivity index (χ1n) is 4.83. The second-order valence-corrected chi connectivity index (χ2v) is 5.49. The molecular weight excluding hydrogens is 303 g/mol. The largest absolute Gasteiger partial charge is 0.480 e. The van der Waals surface area contributed by atoms with Gasteiger partial charge in [-0.3, -0.25) is 23.7 Å². The van der Waals surface area contributed by atoms with Gasteiger partial charge >= 0.3 is 31.5 Å². The molecule has 0 fully saturated rings. The van der Waals surface area contributed by atoms with Crippen LogP contribution in [0, 0.1) is 5.41 Å². The van der Waals surface area contributed by atoms with E-state index in [0.29, 0.717) is 0 Å². The number of hydrogen-bond donors (Lipinski definition) is 6. The quantitative estimate of drug-likeness (QED) is 0.239. The Morgan fingerprint density at radius 3 is 1.20 bits per heavy atom. The second-order valence-electron chi connectivity index (χ2n) is 3.73. The fraction of sp³-hybridized carbons (Fsp3) is 0.500. The molecule has 0 spiro atoms. The van der Waals surface area contributed by atoms with Crippen molar-refractivity contribution in [1.82, 2.24) is 0 Å². The molecule has 0 amide bonds. The van der Waals surface area contributed by atoms with Crippen molar-refractivity contribution in [2.45, 2.75) is 18.5 Å². The molecule has 0 aliphatic rings. The highest BCUT2D eigenvalue weighted by atomic mass is 31.2. The Labute approximate surface area is 110 Å². The fourth-order valence-corrected chi connectivity index (χ4v) is 3.26. The maximum absolute atomic E-state index is 11.4. The van der Waals surface area contributed by atoms with Crippen LogP contribution in [-0.2, 0) is 23.7 Å². The standard InChI is InChI=1S/C8H11O11P/c1-2-7(3(9)10,4(11)12)8(5(13)14,6(15)16)20(17,18)19/h2H2,1H3,(H,9,10)(H,11,12)(H,13,14)(H,15,16)(H2,17,18,19). The second kappa shape index (κ2) is 5.19. The van der Waals surface area contributed by atoms with Crippen molar-refractivity contribution in [2.75, 3.05) is 0 Å². The number of carbonyl (C=O) groups is 4. The first-order valence-corrected chi connectivity index (χ1v) is 6.44. The van der Waals surface area contributed by atoms with Gasteiger partial charge in [0.1, 0.15) is 0 Å². The zero-order valence-electron chi connectivity index (χ0n) is 9.88. The minimum Gasteiger partial charge on any atom is -0.480 e. The van der Waals surface area contributed by atoms with Crippen LogP contribution in [-0.4, -0.2) is 59.2 Å². The van der Waals surface area contributed by atoms with E-state index in [2.05, 4.69) is 0 Å². The van der Waals surface area contributed by atoms with Gasteiger partial charge in [0.05, 0.1) is 0 Å². The maximum atomic E-state index is 11.4. The SMILES string of the molecule is CCC(C(=O)O)(C(=O)O)C(C(=O)O)(C(=O)O)P(=O)(O)O. The van der Waals surface area contributed by atoms with Crippen LogP contribution < -0.4 is 0 Å². The van der Waals surface area contributed by atoms with Gasteiger partial charge in [-0.25, -0.2) is 0 Å². The highest BCUT2D eigenvalue weighted by molar-refractivity contribution is 7.56. The molecule has 0 aliphatic carbocycles. The van der Waals surface area contributed by atoms with Crippen molar-refractivity contribution in [3.63, 3.8) is 0 Å². The number of hydrogen-bond acceptors (Lipinski definition) is 5. The van der Waals surface area contributed by atoms with E-state index in [1.54, 1.807) is 0 Å². The predicted octanol–water partition coefficient (Wildman–Crippen LogP) is -1.36. The molecule has 0 aromatic carbocycles. The van der Waals surface area contributed by atoms with Crippen LogP contribution >= 0.6 is 7.60 Å². The molecule has 12 heteroatoms. The highest BCUT2D eigenvalue weighted by Gasteiger charge is 2.79. The molecule has 0 bridgehead atoms. The van der Waals surface area contributed by atoms with Gasteiger partial charge in [0.25, 0.3) is 5.16 Å². The molecule has 11 nitrogen and oxygen atoms in total. The van der Waals surface area contributed by atoms with Crippen LogP contribution in [0.4, 0.5) is 0 Å². The summed E-state index contributed by atoms with van der Waals surface area (Å²) in [6.07, 6.45) is -1.18. The highest BCUT2D eigenvalue weighted by Crippen LogP contribution is 2.61. The van der Waals surface area contributed by atoms with Crippen molar-refractivity contribution < 1.29 is 54.0 Å². The number of carboxylic acid groups (broad SMARTS) is 4. The van der Waals surface area contributed by atoms with Crippen molar-refractivity contribution in [1.29, 1.82) is 0 Å². The molecule has 0 atom stereocenters. The van der Waals surface area contributed by atoms with Gasteiger partial charge in [0.15, 0.2) is 0 Å². The van der Waals surface area contributed by atoms with Gasteiger partial charge in [-0.2, -0.15) is 0 Å². The Kier molecular flexibility index (Phi) is 4.68. The lowest BCUT2D eigenvalue weighted by Crippen LogP contribution is -2.65. The summed E-state index contributed by atoms with van der Waals surface area (Å²) in [5.41, 5.74) is -3.75. The first-order chi connectivity index (χ1) is 8.83. The molecule has 114 valence electrons. The maximum Gasteiger partial charge on any atom is 0.356 e. The Hall–Kier alpha value is -1.97. The molecule has 0 unspecified atom stereocenters. The van der Waals surface area contributed by atoms with Crippen LogP contribution in [0.2, 0.25) is 0 Å². The normalized spacial score (nSPS) is 12.8. The van der Waals surface area contributed by atoms with Gasteiger partial charge in [-0.15, -0.1) is 0 Å². The van der Waals surface area contributed by atoms with Crippen molar-refractivity contribution in [3.05, 3.63) is 0 Å². The van der Waals surface area contributed by atoms with Crippen LogP contribution in [0.5, 0.6) is 0 Å². The third-order valence-corrected chi connectivity index (χ3v) is 4.57. The van der Waals surface area contributed by atoms with E-state index in [1.165, 1.54) is 0 Å². The molecule has 0 aromatic heterocycles. The summed E-state index contributed by atoms with van der Waals surface area (Å²) in [6, 6.07) is 0. The lowest BCUT2D eigenvalue weighted by Gasteiger charge is -2.37. The molecule has 6 N–H and O–H groups in total. The summed E-state index contributed by atoms with van der Waals surface area (Å²) in [5.74, 6) is -10.5. The molecule has 0 saturated carbocycles. The summed E-state index contributed by atoms with van der Waals surface area (Å²) < 4.78 is 11.4. The zero-order chi connectivity index (χ0) is 16.5. The molecule has 0 aromatic rings. The summed E-state index contributed by atoms with van der Waals surface area (Å²) >= 11 is 0. The van der Waals surface area contributed by atoms with E-state index < -0.39 is 48.5 Å². The fourth-order valence-electron chi connectivity index (χ4n) is 1.91. The van der Waals surface area contributed by atoms with Crippen molar-refractivity contribution >= 4 is 31.5 Å². The molecule has 0 saturated heterocycles. The Balaban J connectivity index is 7.07. The summed E-state index contributed by atoms with van der Waals surface area (Å²) in [7, 11) is -6.23. The summed E-state index contributed by atoms with van der Waals surface area (Å²) in [5, 5.41) is 31.3. The van der Waals surface area contributed by atoms with Crippen LogP contribution in [0.1, 0.15) is 13.3 Å². The Morgan fingerprint density at radius 1 is 0.850 bits per heavy atom. The molecular formula is C8H11O11P. The van der Waals surface area contributed by atoms with E-state index in [1.807, 2.05) is 0 Å². The molecule has 0 heterocycles. The van der Waals surface area contributed by atoms with Gasteiger partial charge in [0.2, 0.25) is 5.41 Å². The molecule has 0 aliphatic heterocycles. The zero-order valence-corrected chi connectivity index (χ0v) is 10.8. The lowest BCUT2D eigenvalue weighted by molar-refractivity contribution is -0.181. The summed E-state index contributed by atoms with van der Waals surface area (Å²) in [4.78, 5) is 62.7. The monoisotopic (exact) mass is 314 g/mol. The Bertz CT molecular complexity index is 487. The molecule has 0 radical (unpaired) electrons. The smallest absolute Gasteiger partial charge is 0.356 e. The number of rotatable bonds is 7. The third kappa shape index (κ3) is 1.96. The number of aliphatic carboxylic acids is 4. The van der Waals surface area contributed by atoms with E-state index in [-0.39, 0.29) is 0 Å². The van der Waals surface area contributed by atoms with Crippen molar-refractivity contribution in [3.8, 4) is 0 Å². The van der Waals surface area contributed by atoms with Gasteiger partial charge in [-0.05, 0) is 6.42 Å². The lowest BCUT2D eigenvalue weighted by atomic mass is 9.72. The van der Waals surface area contributed by atoms with E-state index in [0.717, 1.165) is 6.92 Å². The average molecular weight is 314 g/mol. The van der Waals surface area contributed by atoms with E-state index in [9.17, 15) is 23.7 Å². The Morgan fingerprint density at radius 2 is 1.15 bits per heavy atom. The van der Waals surface area contributed by atoms with Crippen LogP contribution in [0.15, 0.2) is 0 Å². The minimum absolute atomic E-state index is 0.790. The topological polar surface area (TPSA) is 207 Å². The van der Waals surface area contributed by atoms with Gasteiger partial charge in [-0.1, -0.05) is 6.92 Å². The first kappa shape index (κ1) is 18.0. The van der Waals surface area contributed by atoms with E-state index >= 15 is 0 Å².